The van der Waals surface area contributed by atoms with Gasteiger partial charge in [-0.1, -0.05) is 26.0 Å². The number of phenols is 1. The molecular weight excluding hydrogens is 500 g/mol. The van der Waals surface area contributed by atoms with Gasteiger partial charge in [0.05, 0.1) is 12.4 Å². The summed E-state index contributed by atoms with van der Waals surface area (Å²) in [6.45, 7) is 3.71. The Balaban J connectivity index is 2.18. The van der Waals surface area contributed by atoms with Crippen LogP contribution in [-0.2, 0) is 32.0 Å². The number of benzene rings is 1. The van der Waals surface area contributed by atoms with Crippen molar-refractivity contribution in [2.45, 2.75) is 57.3 Å². The number of nitrogens with two attached hydrogens (primary N) is 1. The van der Waals surface area contributed by atoms with Crippen molar-refractivity contribution < 1.29 is 29.4 Å². The minimum atomic E-state index is -1.27. The average molecular weight is 535 g/mol. The van der Waals surface area contributed by atoms with E-state index in [4.69, 9.17) is 5.73 Å². The van der Waals surface area contributed by atoms with Gasteiger partial charge in [0.25, 0.3) is 0 Å². The molecule has 13 heteroatoms. The van der Waals surface area contributed by atoms with Gasteiger partial charge in [0.15, 0.2) is 0 Å². The highest BCUT2D eigenvalue weighted by molar-refractivity contribution is 7.80. The molecule has 0 aliphatic carbocycles. The molecule has 1 heterocycles. The molecule has 12 nitrogen and oxygen atoms in total. The number of aromatic nitrogens is 2. The highest BCUT2D eigenvalue weighted by atomic mass is 32.1. The number of nitrogens with zero attached hydrogens (tertiary/aromatic N) is 1. The minimum absolute atomic E-state index is 0.0188. The van der Waals surface area contributed by atoms with Gasteiger partial charge < -0.3 is 36.9 Å². The molecule has 3 amide bonds. The number of rotatable bonds is 14. The molecule has 202 valence electrons. The summed E-state index contributed by atoms with van der Waals surface area (Å²) in [5.74, 6) is -3.06. The number of carbonyl (C=O) groups is 4. The number of hydrogen-bond donors (Lipinski definition) is 8. The van der Waals surface area contributed by atoms with Crippen LogP contribution in [0.15, 0.2) is 36.8 Å². The van der Waals surface area contributed by atoms with E-state index >= 15 is 0 Å². The maximum Gasteiger partial charge on any atom is 0.326 e. The lowest BCUT2D eigenvalue weighted by atomic mass is 10.0. The van der Waals surface area contributed by atoms with Crippen molar-refractivity contribution in [1.82, 2.24) is 25.9 Å². The molecule has 2 aromatic rings. The van der Waals surface area contributed by atoms with E-state index < -0.39 is 47.9 Å². The Kier molecular flexibility index (Phi) is 11.4. The van der Waals surface area contributed by atoms with Gasteiger partial charge in [0.1, 0.15) is 23.9 Å². The first-order valence-corrected chi connectivity index (χ1v) is 12.4. The number of nitrogens with one attached hydrogen (secondary N) is 4. The average Bonchev–Trinajstić information content (AvgIpc) is 3.36. The Hall–Kier alpha value is -3.58. The Bertz CT molecular complexity index is 1050. The molecule has 1 aromatic carbocycles. The highest BCUT2D eigenvalue weighted by Crippen LogP contribution is 2.12. The molecule has 0 fully saturated rings. The molecule has 1 aromatic heterocycles. The molecule has 0 aliphatic heterocycles. The number of imidazole rings is 1. The number of carbonyl (C=O) groups excluding carboxylic acids is 3. The van der Waals surface area contributed by atoms with Crippen LogP contribution in [0.5, 0.6) is 5.75 Å². The highest BCUT2D eigenvalue weighted by Gasteiger charge is 2.31. The molecule has 0 saturated carbocycles. The smallest absolute Gasteiger partial charge is 0.326 e. The van der Waals surface area contributed by atoms with Gasteiger partial charge in [-0.3, -0.25) is 14.4 Å². The second-order valence-corrected chi connectivity index (χ2v) is 9.46. The monoisotopic (exact) mass is 534 g/mol. The van der Waals surface area contributed by atoms with E-state index in [2.05, 4.69) is 38.5 Å². The summed E-state index contributed by atoms with van der Waals surface area (Å²) >= 11 is 4.01. The third kappa shape index (κ3) is 9.77. The summed E-state index contributed by atoms with van der Waals surface area (Å²) < 4.78 is 0. The molecule has 0 saturated heterocycles. The number of hydrogen-bond acceptors (Lipinski definition) is 8. The molecule has 0 spiro atoms. The SMILES string of the molecule is CC(C)CC(NC(=O)C(Cc1cnc[nH]1)NC(=O)C(N)CS)C(=O)NC(Cc1ccc(O)cc1)C(=O)O. The standard InChI is InChI=1S/C24H34N6O6S/c1-13(2)7-18(22(33)30-20(24(35)36)8-14-3-5-16(31)6-4-14)29-23(34)19(9-15-10-26-12-27-15)28-21(32)17(25)11-37/h3-6,10,12-13,17-20,31,37H,7-9,11,25H2,1-2H3,(H,26,27)(H,28,32)(H,29,34)(H,30,33)(H,35,36). The molecule has 4 atom stereocenters. The molecule has 0 bridgehead atoms. The molecular formula is C24H34N6O6S. The third-order valence-corrected chi connectivity index (χ3v) is 5.87. The fourth-order valence-electron chi connectivity index (χ4n) is 3.50. The second-order valence-electron chi connectivity index (χ2n) is 9.09. The Labute approximate surface area is 220 Å². The van der Waals surface area contributed by atoms with Crippen LogP contribution in [-0.4, -0.2) is 73.8 Å². The van der Waals surface area contributed by atoms with E-state index in [1.807, 2.05) is 13.8 Å². The van der Waals surface area contributed by atoms with Crippen LogP contribution in [0.2, 0.25) is 0 Å². The Morgan fingerprint density at radius 3 is 2.11 bits per heavy atom. The largest absolute Gasteiger partial charge is 0.508 e. The van der Waals surface area contributed by atoms with E-state index in [1.54, 1.807) is 12.1 Å². The topological polar surface area (TPSA) is 200 Å². The van der Waals surface area contributed by atoms with Gasteiger partial charge in [0, 0.05) is 30.5 Å². The van der Waals surface area contributed by atoms with Gasteiger partial charge >= 0.3 is 5.97 Å². The molecule has 0 aliphatic rings. The zero-order chi connectivity index (χ0) is 27.5. The van der Waals surface area contributed by atoms with E-state index in [9.17, 15) is 29.4 Å². The maximum atomic E-state index is 13.2. The Morgan fingerprint density at radius 2 is 1.57 bits per heavy atom. The Morgan fingerprint density at radius 1 is 0.973 bits per heavy atom. The first-order valence-electron chi connectivity index (χ1n) is 11.8. The zero-order valence-corrected chi connectivity index (χ0v) is 21.6. The number of aromatic hydroxyl groups is 1. The number of thiol groups is 1. The van der Waals surface area contributed by atoms with Gasteiger partial charge in [-0.25, -0.2) is 9.78 Å². The summed E-state index contributed by atoms with van der Waals surface area (Å²) in [6.07, 6.45) is 3.20. The van der Waals surface area contributed by atoms with Crippen molar-refractivity contribution in [3.63, 3.8) is 0 Å². The number of phenolic OH excluding ortho intramolecular Hbond substituents is 1. The van der Waals surface area contributed by atoms with E-state index in [0.29, 0.717) is 11.3 Å². The van der Waals surface area contributed by atoms with Gasteiger partial charge in [-0.05, 0) is 30.0 Å². The zero-order valence-electron chi connectivity index (χ0n) is 20.7. The quantitative estimate of drug-likeness (QED) is 0.152. The lowest BCUT2D eigenvalue weighted by Crippen LogP contribution is -2.58. The van der Waals surface area contributed by atoms with Crippen LogP contribution in [0.25, 0.3) is 0 Å². The van der Waals surface area contributed by atoms with Crippen molar-refractivity contribution in [1.29, 1.82) is 0 Å². The normalized spacial score (nSPS) is 14.3. The predicted octanol–water partition coefficient (Wildman–Crippen LogP) is -0.257. The van der Waals surface area contributed by atoms with E-state index in [-0.39, 0.29) is 36.7 Å². The van der Waals surface area contributed by atoms with Gasteiger partial charge in [-0.15, -0.1) is 0 Å². The predicted molar refractivity (Wildman–Crippen MR) is 139 cm³/mol. The number of amides is 3. The summed E-state index contributed by atoms with van der Waals surface area (Å²) in [7, 11) is 0. The van der Waals surface area contributed by atoms with Crippen LogP contribution in [0.4, 0.5) is 0 Å². The number of aromatic amines is 1. The lowest BCUT2D eigenvalue weighted by Gasteiger charge is -2.26. The lowest BCUT2D eigenvalue weighted by molar-refractivity contribution is -0.142. The minimum Gasteiger partial charge on any atom is -0.508 e. The second kappa shape index (κ2) is 14.2. The summed E-state index contributed by atoms with van der Waals surface area (Å²) in [5.41, 5.74) is 6.90. The number of H-pyrrole nitrogens is 1. The first kappa shape index (κ1) is 29.6. The van der Waals surface area contributed by atoms with Crippen molar-refractivity contribution in [3.05, 3.63) is 48.0 Å². The van der Waals surface area contributed by atoms with Crippen LogP contribution >= 0.6 is 12.6 Å². The van der Waals surface area contributed by atoms with Crippen LogP contribution in [0.1, 0.15) is 31.5 Å². The molecule has 8 N–H and O–H groups in total. The third-order valence-electron chi connectivity index (χ3n) is 5.48. The summed E-state index contributed by atoms with van der Waals surface area (Å²) in [6, 6.07) is 1.62. The van der Waals surface area contributed by atoms with Crippen molar-refractivity contribution in [2.24, 2.45) is 11.7 Å². The van der Waals surface area contributed by atoms with E-state index in [0.717, 1.165) is 0 Å². The molecule has 4 unspecified atom stereocenters. The molecule has 2 rings (SSSR count). The van der Waals surface area contributed by atoms with Crippen molar-refractivity contribution >= 4 is 36.3 Å². The number of carboxylic acids is 1. The maximum absolute atomic E-state index is 13.2. The first-order chi connectivity index (χ1) is 17.5. The van der Waals surface area contributed by atoms with Crippen molar-refractivity contribution in [3.8, 4) is 5.75 Å². The van der Waals surface area contributed by atoms with Gasteiger partial charge in [-0.2, -0.15) is 12.6 Å². The fourth-order valence-corrected chi connectivity index (χ4v) is 3.67. The van der Waals surface area contributed by atoms with Crippen LogP contribution in [0, 0.1) is 5.92 Å². The van der Waals surface area contributed by atoms with Crippen molar-refractivity contribution in [2.75, 3.05) is 5.75 Å². The molecule has 0 radical (unpaired) electrons. The van der Waals surface area contributed by atoms with Crippen LogP contribution < -0.4 is 21.7 Å². The molecule has 37 heavy (non-hydrogen) atoms. The van der Waals surface area contributed by atoms with Gasteiger partial charge in [0.2, 0.25) is 17.7 Å². The number of carboxylic acid groups (broad SMARTS) is 1. The van der Waals surface area contributed by atoms with E-state index in [1.165, 1.54) is 24.7 Å². The van der Waals surface area contributed by atoms with Crippen LogP contribution in [0.3, 0.4) is 0 Å². The summed E-state index contributed by atoms with van der Waals surface area (Å²) in [5, 5.41) is 26.8. The fraction of sp³-hybridized carbons (Fsp3) is 0.458. The summed E-state index contributed by atoms with van der Waals surface area (Å²) in [4.78, 5) is 57.3. The number of aliphatic carboxylic acids is 1.